The van der Waals surface area contributed by atoms with Crippen molar-refractivity contribution in [2.75, 3.05) is 39.8 Å². The second kappa shape index (κ2) is 12.0. The maximum absolute atomic E-state index is 13.5. The number of alkyl halides is 3. The molecule has 6 nitrogen and oxygen atoms in total. The predicted molar refractivity (Wildman–Crippen MR) is 139 cm³/mol. The van der Waals surface area contributed by atoms with E-state index in [-0.39, 0.29) is 19.2 Å². The van der Waals surface area contributed by atoms with Gasteiger partial charge in [0.1, 0.15) is 5.75 Å². The average molecular weight is 569 g/mol. The number of hydrogen-bond acceptors (Lipinski definition) is 5. The van der Waals surface area contributed by atoms with E-state index in [4.69, 9.17) is 21.1 Å². The van der Waals surface area contributed by atoms with Gasteiger partial charge in [-0.15, -0.1) is 0 Å². The molecule has 0 amide bonds. The Labute approximate surface area is 225 Å². The lowest BCUT2D eigenvalue weighted by molar-refractivity contribution is -0.139. The third-order valence-corrected chi connectivity index (χ3v) is 8.60. The van der Waals surface area contributed by atoms with Gasteiger partial charge in [-0.3, -0.25) is 4.90 Å². The highest BCUT2D eigenvalue weighted by Gasteiger charge is 2.39. The third kappa shape index (κ3) is 6.86. The van der Waals surface area contributed by atoms with E-state index in [1.54, 1.807) is 19.2 Å². The third-order valence-electron chi connectivity index (χ3n) is 6.39. The Kier molecular flexibility index (Phi) is 9.00. The lowest BCUT2D eigenvalue weighted by Crippen LogP contribution is -2.49. The number of ether oxygens (including phenoxy) is 2. The van der Waals surface area contributed by atoms with Gasteiger partial charge >= 0.3 is 6.18 Å². The Balaban J connectivity index is 1.45. The average Bonchev–Trinajstić information content (AvgIpc) is 2.91. The van der Waals surface area contributed by atoms with Crippen molar-refractivity contribution in [2.45, 2.75) is 23.8 Å². The molecule has 1 heterocycles. The molecule has 1 aliphatic heterocycles. The van der Waals surface area contributed by atoms with Gasteiger partial charge < -0.3 is 9.47 Å². The molecule has 1 fully saturated rings. The summed E-state index contributed by atoms with van der Waals surface area (Å²) in [6.07, 6.45) is -5.11. The lowest BCUT2D eigenvalue weighted by atomic mass is 10.1. The van der Waals surface area contributed by atoms with E-state index in [2.05, 4.69) is 0 Å². The summed E-state index contributed by atoms with van der Waals surface area (Å²) in [5.41, 5.74) is 0.685. The molecule has 1 saturated heterocycles. The van der Waals surface area contributed by atoms with Crippen molar-refractivity contribution in [1.82, 2.24) is 9.21 Å². The van der Waals surface area contributed by atoms with Crippen LogP contribution in [0.2, 0.25) is 5.02 Å². The quantitative estimate of drug-likeness (QED) is 0.335. The van der Waals surface area contributed by atoms with Crippen molar-refractivity contribution in [1.29, 1.82) is 0 Å². The highest BCUT2D eigenvalue weighted by atomic mass is 35.5. The van der Waals surface area contributed by atoms with Gasteiger partial charge in [0.05, 0.1) is 30.3 Å². The zero-order valence-corrected chi connectivity index (χ0v) is 22.3. The van der Waals surface area contributed by atoms with Crippen LogP contribution in [0.1, 0.15) is 22.8 Å². The van der Waals surface area contributed by atoms with Crippen LogP contribution in [-0.4, -0.2) is 57.5 Å². The second-order valence-electron chi connectivity index (χ2n) is 8.90. The number of rotatable bonds is 9. The first-order valence-corrected chi connectivity index (χ1v) is 13.8. The Bertz CT molecular complexity index is 1330. The van der Waals surface area contributed by atoms with Gasteiger partial charge in [-0.2, -0.15) is 17.5 Å². The van der Waals surface area contributed by atoms with Crippen LogP contribution in [0.4, 0.5) is 13.2 Å². The summed E-state index contributed by atoms with van der Waals surface area (Å²) < 4.78 is 79.3. The number of benzene rings is 3. The van der Waals surface area contributed by atoms with Gasteiger partial charge in [-0.05, 0) is 47.5 Å². The van der Waals surface area contributed by atoms with E-state index in [9.17, 15) is 21.6 Å². The molecule has 0 bridgehead atoms. The molecule has 3 aromatic carbocycles. The number of methoxy groups -OCH3 is 1. The molecule has 11 heteroatoms. The fraction of sp³-hybridized carbons (Fsp3) is 0.333. The summed E-state index contributed by atoms with van der Waals surface area (Å²) in [6.45, 7) is 1.63. The first-order chi connectivity index (χ1) is 18.1. The van der Waals surface area contributed by atoms with Crippen LogP contribution in [0.3, 0.4) is 0 Å². The maximum atomic E-state index is 13.5. The van der Waals surface area contributed by atoms with Gasteiger partial charge in [0.15, 0.2) is 0 Å². The Morgan fingerprint density at radius 1 is 0.947 bits per heavy atom. The van der Waals surface area contributed by atoms with E-state index in [1.165, 1.54) is 12.1 Å². The van der Waals surface area contributed by atoms with E-state index < -0.39 is 26.7 Å². The normalized spacial score (nSPS) is 16.3. The maximum Gasteiger partial charge on any atom is 0.417 e. The highest BCUT2D eigenvalue weighted by Crippen LogP contribution is 2.35. The first kappa shape index (κ1) is 28.4. The number of piperazine rings is 1. The Hall–Kier alpha value is -2.63. The molecule has 1 atom stereocenters. The number of nitrogens with zero attached hydrogens (tertiary/aromatic N) is 2. The van der Waals surface area contributed by atoms with Gasteiger partial charge in [-0.25, -0.2) is 8.42 Å². The zero-order valence-electron chi connectivity index (χ0n) is 20.7. The molecule has 0 spiro atoms. The van der Waals surface area contributed by atoms with E-state index in [0.29, 0.717) is 31.3 Å². The molecule has 4 rings (SSSR count). The largest absolute Gasteiger partial charge is 0.497 e. The summed E-state index contributed by atoms with van der Waals surface area (Å²) in [5, 5.41) is 0.596. The lowest BCUT2D eigenvalue weighted by Gasteiger charge is -2.36. The summed E-state index contributed by atoms with van der Waals surface area (Å²) in [4.78, 5) is 1.33. The van der Waals surface area contributed by atoms with Crippen LogP contribution < -0.4 is 4.74 Å². The topological polar surface area (TPSA) is 59.1 Å². The number of hydrogen-bond donors (Lipinski definition) is 0. The second-order valence-corrected chi connectivity index (χ2v) is 11.2. The SMILES string of the molecule is COc1cccc(COC(CN2CCN(S(=O)(=O)c3ccccc3C(F)(F)F)CC2)c2ccc(Cl)cc2)c1. The first-order valence-electron chi connectivity index (χ1n) is 12.0. The zero-order chi connectivity index (χ0) is 27.3. The van der Waals surface area contributed by atoms with Crippen LogP contribution in [0.25, 0.3) is 0 Å². The molecular formula is C27H28ClF3N2O4S. The smallest absolute Gasteiger partial charge is 0.417 e. The molecule has 1 unspecified atom stereocenters. The molecule has 204 valence electrons. The van der Waals surface area contributed by atoms with Gasteiger partial charge in [0.2, 0.25) is 10.0 Å². The van der Waals surface area contributed by atoms with Crippen LogP contribution in [0.5, 0.6) is 5.75 Å². The van der Waals surface area contributed by atoms with Gasteiger partial charge in [-0.1, -0.05) is 48.0 Å². The highest BCUT2D eigenvalue weighted by molar-refractivity contribution is 7.89. The summed E-state index contributed by atoms with van der Waals surface area (Å²) in [7, 11) is -2.71. The van der Waals surface area contributed by atoms with Gasteiger partial charge in [0, 0.05) is 37.7 Å². The number of halogens is 4. The number of sulfonamides is 1. The van der Waals surface area contributed by atoms with Crippen LogP contribution in [0, 0.1) is 0 Å². The van der Waals surface area contributed by atoms with Crippen molar-refractivity contribution in [2.24, 2.45) is 0 Å². The molecule has 0 aliphatic carbocycles. The minimum atomic E-state index is -4.77. The molecule has 0 radical (unpaired) electrons. The van der Waals surface area contributed by atoms with Crippen LogP contribution in [-0.2, 0) is 27.5 Å². The molecule has 0 N–H and O–H groups in total. The molecule has 0 saturated carbocycles. The molecule has 3 aromatic rings. The van der Waals surface area contributed by atoms with Crippen molar-refractivity contribution in [3.63, 3.8) is 0 Å². The van der Waals surface area contributed by atoms with Crippen molar-refractivity contribution < 1.29 is 31.1 Å². The Morgan fingerprint density at radius 2 is 1.63 bits per heavy atom. The fourth-order valence-corrected chi connectivity index (χ4v) is 6.10. The summed E-state index contributed by atoms with van der Waals surface area (Å²) >= 11 is 6.07. The van der Waals surface area contributed by atoms with E-state index >= 15 is 0 Å². The van der Waals surface area contributed by atoms with Crippen LogP contribution in [0.15, 0.2) is 77.7 Å². The van der Waals surface area contributed by atoms with E-state index in [0.717, 1.165) is 33.3 Å². The molecule has 0 aromatic heterocycles. The van der Waals surface area contributed by atoms with Crippen molar-refractivity contribution in [3.8, 4) is 5.75 Å². The molecule has 1 aliphatic rings. The van der Waals surface area contributed by atoms with Crippen molar-refractivity contribution in [3.05, 3.63) is 94.5 Å². The minimum Gasteiger partial charge on any atom is -0.497 e. The van der Waals surface area contributed by atoms with Gasteiger partial charge in [0.25, 0.3) is 0 Å². The standard InChI is InChI=1S/C27H28ClF3N2O4S/c1-36-23-6-4-5-20(17-23)19-37-25(21-9-11-22(28)12-10-21)18-32-13-15-33(16-14-32)38(34,35)26-8-3-2-7-24(26)27(29,30)31/h2-12,17,25H,13-16,18-19H2,1H3. The summed E-state index contributed by atoms with van der Waals surface area (Å²) in [6, 6.07) is 19.2. The molecular weight excluding hydrogens is 541 g/mol. The van der Waals surface area contributed by atoms with E-state index in [1.807, 2.05) is 41.3 Å². The van der Waals surface area contributed by atoms with Crippen molar-refractivity contribution >= 4 is 21.6 Å². The molecule has 38 heavy (non-hydrogen) atoms. The minimum absolute atomic E-state index is 0.0672. The summed E-state index contributed by atoms with van der Waals surface area (Å²) in [5.74, 6) is 0.721. The fourth-order valence-electron chi connectivity index (χ4n) is 4.34. The Morgan fingerprint density at radius 3 is 2.29 bits per heavy atom. The van der Waals surface area contributed by atoms with Crippen LogP contribution >= 0.6 is 11.6 Å². The monoisotopic (exact) mass is 568 g/mol. The predicted octanol–water partition coefficient (Wildman–Crippen LogP) is 5.63.